The molecule has 9 nitrogen and oxygen atoms in total. The average molecular weight is 472 g/mol. The van der Waals surface area contributed by atoms with Gasteiger partial charge in [-0.15, -0.1) is 0 Å². The second-order valence-corrected chi connectivity index (χ2v) is 9.35. The largest absolute Gasteiger partial charge is 0.505 e. The maximum absolute atomic E-state index is 14.9. The fourth-order valence-electron chi connectivity index (χ4n) is 5.21. The third-order valence-electron chi connectivity index (χ3n) is 7.09. The number of hydrogen-bond donors (Lipinski definition) is 3. The maximum atomic E-state index is 14.9. The van der Waals surface area contributed by atoms with Gasteiger partial charge in [0.05, 0.1) is 25.4 Å². The first-order chi connectivity index (χ1) is 16.4. The Balaban J connectivity index is 1.50. The Bertz CT molecular complexity index is 1070. The van der Waals surface area contributed by atoms with E-state index in [4.69, 9.17) is 9.72 Å². The lowest BCUT2D eigenvalue weighted by atomic mass is 9.93. The highest BCUT2D eigenvalue weighted by atomic mass is 19.1. The van der Waals surface area contributed by atoms with Gasteiger partial charge in [-0.2, -0.15) is 4.98 Å². The molecule has 0 atom stereocenters. The number of benzene rings is 1. The molecule has 2 saturated carbocycles. The van der Waals surface area contributed by atoms with E-state index in [1.165, 1.54) is 24.1 Å². The number of aliphatic hydroxyl groups excluding tert-OH is 1. The number of ether oxygens (including phenoxy) is 1. The number of amides is 2. The van der Waals surface area contributed by atoms with Gasteiger partial charge in [-0.25, -0.2) is 14.2 Å². The SMILES string of the molecule is COc1cc(O)c(F)c(N2Cc3cnc(NC4CCC(O)CC4)nc3N(C3CCCC3)C2=O)c1. The van der Waals surface area contributed by atoms with Crippen LogP contribution >= 0.6 is 0 Å². The summed E-state index contributed by atoms with van der Waals surface area (Å²) in [7, 11) is 1.42. The first-order valence-corrected chi connectivity index (χ1v) is 11.9. The topological polar surface area (TPSA) is 111 Å². The summed E-state index contributed by atoms with van der Waals surface area (Å²) in [6, 6.07) is 2.35. The zero-order valence-electron chi connectivity index (χ0n) is 19.2. The number of rotatable bonds is 5. The van der Waals surface area contributed by atoms with Crippen molar-refractivity contribution >= 4 is 23.5 Å². The molecule has 2 fully saturated rings. The Hall–Kier alpha value is -3.14. The molecule has 2 amide bonds. The summed E-state index contributed by atoms with van der Waals surface area (Å²) in [5.74, 6) is -0.187. The minimum Gasteiger partial charge on any atom is -0.505 e. The van der Waals surface area contributed by atoms with Crippen LogP contribution in [0.15, 0.2) is 18.3 Å². The first-order valence-electron chi connectivity index (χ1n) is 11.9. The molecular weight excluding hydrogens is 441 g/mol. The number of hydrogen-bond acceptors (Lipinski definition) is 7. The Morgan fingerprint density at radius 2 is 1.88 bits per heavy atom. The van der Waals surface area contributed by atoms with Gasteiger partial charge in [0.25, 0.3) is 0 Å². The molecule has 0 saturated heterocycles. The van der Waals surface area contributed by atoms with Crippen molar-refractivity contribution in [1.82, 2.24) is 9.97 Å². The van der Waals surface area contributed by atoms with Crippen molar-refractivity contribution in [3.05, 3.63) is 29.7 Å². The number of aromatic nitrogens is 2. The number of phenolic OH excluding ortho intramolecular Hbond substituents is 1. The van der Waals surface area contributed by atoms with E-state index in [0.29, 0.717) is 17.3 Å². The van der Waals surface area contributed by atoms with Gasteiger partial charge >= 0.3 is 6.03 Å². The fourth-order valence-corrected chi connectivity index (χ4v) is 5.21. The van der Waals surface area contributed by atoms with Crippen LogP contribution in [0.3, 0.4) is 0 Å². The van der Waals surface area contributed by atoms with E-state index in [2.05, 4.69) is 10.3 Å². The molecule has 0 bridgehead atoms. The van der Waals surface area contributed by atoms with Crippen LogP contribution in [0.1, 0.15) is 56.9 Å². The molecule has 0 unspecified atom stereocenters. The average Bonchev–Trinajstić information content (AvgIpc) is 3.36. The van der Waals surface area contributed by atoms with E-state index < -0.39 is 11.6 Å². The number of aromatic hydroxyl groups is 1. The summed E-state index contributed by atoms with van der Waals surface area (Å²) in [5.41, 5.74) is 0.663. The number of carbonyl (C=O) groups is 1. The summed E-state index contributed by atoms with van der Waals surface area (Å²) in [6.45, 7) is 0.0802. The fraction of sp³-hybridized carbons (Fsp3) is 0.542. The number of halogens is 1. The molecule has 0 spiro atoms. The Morgan fingerprint density at radius 3 is 2.59 bits per heavy atom. The predicted molar refractivity (Wildman–Crippen MR) is 125 cm³/mol. The van der Waals surface area contributed by atoms with Gasteiger partial charge < -0.3 is 20.3 Å². The zero-order valence-corrected chi connectivity index (χ0v) is 19.2. The molecule has 2 aromatic rings. The number of methoxy groups -OCH3 is 1. The lowest BCUT2D eigenvalue weighted by molar-refractivity contribution is 0.126. The van der Waals surface area contributed by atoms with E-state index in [0.717, 1.165) is 51.4 Å². The monoisotopic (exact) mass is 471 g/mol. The van der Waals surface area contributed by atoms with Gasteiger partial charge in [0.15, 0.2) is 11.6 Å². The standard InChI is InChI=1S/C24H30FN5O4/c1-34-18-10-19(21(25)20(32)11-18)29-13-14-12-26-23(27-15-6-8-17(31)9-7-15)28-22(14)30(24(29)33)16-4-2-3-5-16/h10-12,15-17,31-32H,2-9,13H2,1H3,(H,26,27,28). The number of anilines is 3. The molecule has 182 valence electrons. The summed E-state index contributed by atoms with van der Waals surface area (Å²) in [6.07, 6.45) is 8.29. The van der Waals surface area contributed by atoms with Gasteiger partial charge in [0, 0.05) is 36.0 Å². The minimum absolute atomic E-state index is 0.0381. The molecule has 3 N–H and O–H groups in total. The molecular formula is C24H30FN5O4. The van der Waals surface area contributed by atoms with Crippen LogP contribution in [-0.2, 0) is 6.54 Å². The quantitative estimate of drug-likeness (QED) is 0.606. The second kappa shape index (κ2) is 9.25. The number of aliphatic hydroxyl groups is 1. The molecule has 1 aliphatic heterocycles. The van der Waals surface area contributed by atoms with Crippen LogP contribution in [0.4, 0.5) is 26.6 Å². The maximum Gasteiger partial charge on any atom is 0.330 e. The second-order valence-electron chi connectivity index (χ2n) is 9.35. The van der Waals surface area contributed by atoms with E-state index in [-0.39, 0.29) is 42.2 Å². The van der Waals surface area contributed by atoms with Crippen molar-refractivity contribution in [2.75, 3.05) is 22.2 Å². The Kier molecular flexibility index (Phi) is 6.16. The Labute approximate surface area is 197 Å². The van der Waals surface area contributed by atoms with Gasteiger partial charge in [-0.05, 0) is 38.5 Å². The molecule has 1 aromatic carbocycles. The van der Waals surface area contributed by atoms with E-state index in [1.54, 1.807) is 11.1 Å². The third kappa shape index (κ3) is 4.22. The van der Waals surface area contributed by atoms with Gasteiger partial charge in [0.2, 0.25) is 5.95 Å². The van der Waals surface area contributed by atoms with Crippen molar-refractivity contribution in [3.8, 4) is 11.5 Å². The van der Waals surface area contributed by atoms with Crippen molar-refractivity contribution in [3.63, 3.8) is 0 Å². The highest BCUT2D eigenvalue weighted by Crippen LogP contribution is 2.40. The highest BCUT2D eigenvalue weighted by molar-refractivity contribution is 6.06. The molecule has 2 aliphatic carbocycles. The van der Waals surface area contributed by atoms with Crippen LogP contribution < -0.4 is 19.9 Å². The molecule has 2 heterocycles. The van der Waals surface area contributed by atoms with Crippen molar-refractivity contribution in [2.24, 2.45) is 0 Å². The molecule has 34 heavy (non-hydrogen) atoms. The van der Waals surface area contributed by atoms with Crippen molar-refractivity contribution in [2.45, 2.75) is 76.1 Å². The summed E-state index contributed by atoms with van der Waals surface area (Å²) in [4.78, 5) is 25.9. The smallest absolute Gasteiger partial charge is 0.330 e. The van der Waals surface area contributed by atoms with Crippen LogP contribution in [0.5, 0.6) is 11.5 Å². The first kappa shape index (κ1) is 22.6. The third-order valence-corrected chi connectivity index (χ3v) is 7.09. The van der Waals surface area contributed by atoms with Gasteiger partial charge in [-0.3, -0.25) is 9.80 Å². The lowest BCUT2D eigenvalue weighted by Gasteiger charge is -2.39. The summed E-state index contributed by atoms with van der Waals surface area (Å²) >= 11 is 0. The highest BCUT2D eigenvalue weighted by Gasteiger charge is 2.40. The van der Waals surface area contributed by atoms with Crippen molar-refractivity contribution in [1.29, 1.82) is 0 Å². The van der Waals surface area contributed by atoms with Gasteiger partial charge in [-0.1, -0.05) is 12.8 Å². The number of phenols is 1. The number of nitrogens with one attached hydrogen (secondary N) is 1. The molecule has 1 aromatic heterocycles. The van der Waals surface area contributed by atoms with Crippen LogP contribution in [0, 0.1) is 5.82 Å². The van der Waals surface area contributed by atoms with E-state index >= 15 is 0 Å². The molecule has 3 aliphatic rings. The number of fused-ring (bicyclic) bond motifs is 1. The van der Waals surface area contributed by atoms with Gasteiger partial charge in [0.1, 0.15) is 11.6 Å². The van der Waals surface area contributed by atoms with Crippen LogP contribution in [0.25, 0.3) is 0 Å². The van der Waals surface area contributed by atoms with Crippen molar-refractivity contribution < 1.29 is 24.1 Å². The van der Waals surface area contributed by atoms with E-state index in [9.17, 15) is 19.4 Å². The molecule has 10 heteroatoms. The normalized spacial score (nSPS) is 23.2. The Morgan fingerprint density at radius 1 is 1.15 bits per heavy atom. The predicted octanol–water partition coefficient (Wildman–Crippen LogP) is 3.93. The number of urea groups is 1. The summed E-state index contributed by atoms with van der Waals surface area (Å²) in [5, 5.41) is 23.2. The number of carbonyl (C=O) groups excluding carboxylic acids is 1. The lowest BCUT2D eigenvalue weighted by Crippen LogP contribution is -2.52. The zero-order chi connectivity index (χ0) is 23.8. The van der Waals surface area contributed by atoms with Crippen LogP contribution in [0.2, 0.25) is 0 Å². The van der Waals surface area contributed by atoms with E-state index in [1.807, 2.05) is 0 Å². The number of nitrogens with zero attached hydrogens (tertiary/aromatic N) is 4. The summed E-state index contributed by atoms with van der Waals surface area (Å²) < 4.78 is 20.1. The molecule has 0 radical (unpaired) electrons. The molecule has 5 rings (SSSR count). The van der Waals surface area contributed by atoms with Crippen LogP contribution in [-0.4, -0.2) is 51.5 Å². The minimum atomic E-state index is -0.873.